The van der Waals surface area contributed by atoms with Gasteiger partial charge in [0.2, 0.25) is 20.0 Å². The smallest absolute Gasteiger partial charge is 0.211 e. The predicted molar refractivity (Wildman–Crippen MR) is 67.5 cm³/mol. The molecule has 4 N–H and O–H groups in total. The van der Waals surface area contributed by atoms with Crippen LogP contribution < -0.4 is 15.2 Å². The van der Waals surface area contributed by atoms with E-state index in [0.717, 1.165) is 6.26 Å². The van der Waals surface area contributed by atoms with Crippen molar-refractivity contribution in [3.05, 3.63) is 0 Å². The summed E-state index contributed by atoms with van der Waals surface area (Å²) in [6.45, 7) is 3.48. The topological polar surface area (TPSA) is 118 Å². The van der Waals surface area contributed by atoms with Gasteiger partial charge in [0.15, 0.2) is 0 Å². The Bertz CT molecular complexity index is 428. The van der Waals surface area contributed by atoms with Gasteiger partial charge in [-0.2, -0.15) is 0 Å². The number of sulfonamides is 2. The average Bonchev–Trinajstić information content (AvgIpc) is 2.08. The molecule has 0 fully saturated rings. The molecule has 0 rings (SSSR count). The average molecular weight is 287 g/mol. The predicted octanol–water partition coefficient (Wildman–Crippen LogP) is -1.42. The van der Waals surface area contributed by atoms with Crippen LogP contribution in [0, 0.1) is 0 Å². The summed E-state index contributed by atoms with van der Waals surface area (Å²) in [5, 5.41) is 0. The molecule has 0 spiro atoms. The molecule has 104 valence electrons. The number of hydrogen-bond donors (Lipinski definition) is 3. The largest absolute Gasteiger partial charge is 0.330 e. The summed E-state index contributed by atoms with van der Waals surface area (Å²) >= 11 is 0. The maximum Gasteiger partial charge on any atom is 0.211 e. The van der Waals surface area contributed by atoms with Gasteiger partial charge in [-0.15, -0.1) is 0 Å². The molecular formula is C8H21N3O4S2. The lowest BCUT2D eigenvalue weighted by Crippen LogP contribution is -2.51. The lowest BCUT2D eigenvalue weighted by Gasteiger charge is -2.25. The molecule has 0 aliphatic rings. The fourth-order valence-electron chi connectivity index (χ4n) is 1.17. The van der Waals surface area contributed by atoms with Gasteiger partial charge < -0.3 is 5.73 Å². The third-order valence-electron chi connectivity index (χ3n) is 1.81. The molecule has 7 nitrogen and oxygen atoms in total. The number of rotatable bonds is 8. The summed E-state index contributed by atoms with van der Waals surface area (Å²) in [4.78, 5) is 0. The fourth-order valence-corrected chi connectivity index (χ4v) is 3.52. The minimum absolute atomic E-state index is 0.00697. The Labute approximate surface area is 103 Å². The van der Waals surface area contributed by atoms with Crippen LogP contribution in [-0.4, -0.2) is 47.5 Å². The second-order valence-corrected chi connectivity index (χ2v) is 8.22. The molecule has 0 saturated heterocycles. The second kappa shape index (κ2) is 6.10. The summed E-state index contributed by atoms with van der Waals surface area (Å²) in [5.74, 6) is -0.0571. The monoisotopic (exact) mass is 287 g/mol. The lowest BCUT2D eigenvalue weighted by atomic mass is 10.1. The van der Waals surface area contributed by atoms with E-state index in [1.807, 2.05) is 0 Å². The summed E-state index contributed by atoms with van der Waals surface area (Å²) in [6.07, 6.45) is 1.40. The summed E-state index contributed by atoms with van der Waals surface area (Å²) in [6, 6.07) is 0. The van der Waals surface area contributed by atoms with Crippen molar-refractivity contribution in [1.29, 1.82) is 0 Å². The second-order valence-electron chi connectivity index (χ2n) is 4.54. The Morgan fingerprint density at radius 3 is 2.12 bits per heavy atom. The van der Waals surface area contributed by atoms with E-state index in [0.29, 0.717) is 13.0 Å². The van der Waals surface area contributed by atoms with Gasteiger partial charge in [-0.3, -0.25) is 0 Å². The Morgan fingerprint density at radius 2 is 1.71 bits per heavy atom. The van der Waals surface area contributed by atoms with Crippen molar-refractivity contribution < 1.29 is 16.8 Å². The first-order chi connectivity index (χ1) is 7.47. The molecule has 0 radical (unpaired) electrons. The minimum atomic E-state index is -3.40. The van der Waals surface area contributed by atoms with Gasteiger partial charge in [0.05, 0.1) is 12.0 Å². The van der Waals surface area contributed by atoms with Crippen LogP contribution in [0.5, 0.6) is 0 Å². The molecule has 0 aromatic heterocycles. The number of hydrogen-bond acceptors (Lipinski definition) is 5. The van der Waals surface area contributed by atoms with Gasteiger partial charge in [0.1, 0.15) is 0 Å². The van der Waals surface area contributed by atoms with Crippen molar-refractivity contribution in [3.63, 3.8) is 0 Å². The highest BCUT2D eigenvalue weighted by Crippen LogP contribution is 2.03. The van der Waals surface area contributed by atoms with Crippen LogP contribution in [0.25, 0.3) is 0 Å². The van der Waals surface area contributed by atoms with Gasteiger partial charge in [0, 0.05) is 12.1 Å². The van der Waals surface area contributed by atoms with Crippen LogP contribution in [0.4, 0.5) is 0 Å². The maximum absolute atomic E-state index is 11.5. The molecule has 0 bridgehead atoms. The van der Waals surface area contributed by atoms with Crippen molar-refractivity contribution in [2.75, 3.05) is 25.1 Å². The molecule has 0 aromatic rings. The van der Waals surface area contributed by atoms with Gasteiger partial charge in [0.25, 0.3) is 0 Å². The van der Waals surface area contributed by atoms with Gasteiger partial charge in [-0.25, -0.2) is 26.3 Å². The van der Waals surface area contributed by atoms with Crippen LogP contribution in [0.3, 0.4) is 0 Å². The van der Waals surface area contributed by atoms with Crippen LogP contribution in [0.1, 0.15) is 20.3 Å². The van der Waals surface area contributed by atoms with Gasteiger partial charge in [-0.1, -0.05) is 0 Å². The molecule has 0 atom stereocenters. The van der Waals surface area contributed by atoms with Crippen molar-refractivity contribution in [3.8, 4) is 0 Å². The molecule has 17 heavy (non-hydrogen) atoms. The minimum Gasteiger partial charge on any atom is -0.330 e. The number of nitrogens with one attached hydrogen (secondary N) is 2. The normalized spacial score (nSPS) is 13.9. The van der Waals surface area contributed by atoms with Crippen molar-refractivity contribution in [2.45, 2.75) is 25.8 Å². The fraction of sp³-hybridized carbons (Fsp3) is 1.00. The Kier molecular flexibility index (Phi) is 6.02. The first-order valence-corrected chi connectivity index (χ1v) is 8.68. The quantitative estimate of drug-likeness (QED) is 0.506. The van der Waals surface area contributed by atoms with Gasteiger partial charge >= 0.3 is 0 Å². The lowest BCUT2D eigenvalue weighted by molar-refractivity contribution is 0.446. The molecule has 9 heteroatoms. The summed E-state index contributed by atoms with van der Waals surface area (Å²) < 4.78 is 49.7. The van der Waals surface area contributed by atoms with E-state index < -0.39 is 25.6 Å². The molecule has 0 aromatic carbocycles. The van der Waals surface area contributed by atoms with Crippen molar-refractivity contribution >= 4 is 20.0 Å². The summed E-state index contributed by atoms with van der Waals surface area (Å²) in [7, 11) is -6.77. The van der Waals surface area contributed by atoms with Gasteiger partial charge in [-0.05, 0) is 26.8 Å². The van der Waals surface area contributed by atoms with E-state index in [2.05, 4.69) is 9.44 Å². The highest BCUT2D eigenvalue weighted by Gasteiger charge is 2.24. The zero-order valence-electron chi connectivity index (χ0n) is 10.4. The first-order valence-electron chi connectivity index (χ1n) is 5.14. The Balaban J connectivity index is 4.36. The third-order valence-corrected chi connectivity index (χ3v) is 4.15. The summed E-state index contributed by atoms with van der Waals surface area (Å²) in [5.41, 5.74) is 4.35. The Morgan fingerprint density at radius 1 is 1.18 bits per heavy atom. The molecule has 0 heterocycles. The molecule has 0 aliphatic carbocycles. The van der Waals surface area contributed by atoms with E-state index in [9.17, 15) is 16.8 Å². The highest BCUT2D eigenvalue weighted by molar-refractivity contribution is 7.89. The molecule has 0 amide bonds. The van der Waals surface area contributed by atoms with Crippen LogP contribution >= 0.6 is 0 Å². The molecule has 0 aliphatic heterocycles. The Hall–Kier alpha value is -0.220. The zero-order chi connectivity index (χ0) is 13.7. The standard InChI is InChI=1S/C8H21N3O4S2/c1-8(2,11-16(3,12)13)7-10-17(14,15)6-4-5-9/h10-11H,4-7,9H2,1-3H3. The van der Waals surface area contributed by atoms with E-state index in [4.69, 9.17) is 5.73 Å². The number of nitrogens with two attached hydrogens (primary N) is 1. The SMILES string of the molecule is CC(C)(CNS(=O)(=O)CCCN)NS(C)(=O)=O. The zero-order valence-corrected chi connectivity index (χ0v) is 12.0. The first kappa shape index (κ1) is 16.8. The van der Waals surface area contributed by atoms with Crippen LogP contribution in [0.15, 0.2) is 0 Å². The van der Waals surface area contributed by atoms with Crippen molar-refractivity contribution in [1.82, 2.24) is 9.44 Å². The molecule has 0 unspecified atom stereocenters. The van der Waals surface area contributed by atoms with Crippen molar-refractivity contribution in [2.24, 2.45) is 5.73 Å². The van der Waals surface area contributed by atoms with E-state index in [1.54, 1.807) is 13.8 Å². The molecular weight excluding hydrogens is 266 g/mol. The van der Waals surface area contributed by atoms with E-state index in [-0.39, 0.29) is 12.3 Å². The third kappa shape index (κ3) is 9.48. The van der Waals surface area contributed by atoms with Crippen LogP contribution in [0.2, 0.25) is 0 Å². The van der Waals surface area contributed by atoms with Crippen LogP contribution in [-0.2, 0) is 20.0 Å². The van der Waals surface area contributed by atoms with E-state index >= 15 is 0 Å². The molecule has 0 saturated carbocycles. The maximum atomic E-state index is 11.5. The highest BCUT2D eigenvalue weighted by atomic mass is 32.2. The van der Waals surface area contributed by atoms with E-state index in [1.165, 1.54) is 0 Å².